The number of anilines is 2. The molecule has 0 amide bonds. The van der Waals surface area contributed by atoms with Gasteiger partial charge in [-0.3, -0.25) is 14.4 Å². The van der Waals surface area contributed by atoms with E-state index >= 15 is 0 Å². The van der Waals surface area contributed by atoms with Gasteiger partial charge in [-0.1, -0.05) is 32.9 Å². The third-order valence-electron chi connectivity index (χ3n) is 7.05. The maximum atomic E-state index is 13.2. The molecule has 1 aliphatic rings. The summed E-state index contributed by atoms with van der Waals surface area (Å²) in [6.45, 7) is 8.41. The Morgan fingerprint density at radius 2 is 2.08 bits per heavy atom. The Morgan fingerprint density at radius 1 is 1.23 bits per heavy atom. The number of benzene rings is 1. The van der Waals surface area contributed by atoms with Crippen molar-refractivity contribution in [2.24, 2.45) is 7.05 Å². The number of aliphatic hydroxyl groups is 1. The lowest BCUT2D eigenvalue weighted by molar-refractivity contribution is 0.0933. The fourth-order valence-electron chi connectivity index (χ4n) is 4.96. The number of rotatable bonds is 9. The fraction of sp³-hybridized carbons (Fsp3) is 0.448. The van der Waals surface area contributed by atoms with E-state index in [1.807, 2.05) is 40.1 Å². The molecule has 0 spiro atoms. The summed E-state index contributed by atoms with van der Waals surface area (Å²) >= 11 is 0. The van der Waals surface area contributed by atoms with Gasteiger partial charge in [0.15, 0.2) is 0 Å². The van der Waals surface area contributed by atoms with Gasteiger partial charge in [-0.2, -0.15) is 5.10 Å². The van der Waals surface area contributed by atoms with E-state index in [2.05, 4.69) is 48.7 Å². The molecular weight excluding hydrogens is 508 g/mol. The lowest BCUT2D eigenvalue weighted by Gasteiger charge is -2.20. The molecule has 1 atom stereocenters. The molecule has 0 fully saturated rings. The molecular formula is C29H36N8O3. The maximum absolute atomic E-state index is 13.2. The molecule has 11 nitrogen and oxygen atoms in total. The first-order valence-corrected chi connectivity index (χ1v) is 13.6. The number of aromatic nitrogens is 6. The van der Waals surface area contributed by atoms with E-state index in [-0.39, 0.29) is 29.6 Å². The zero-order chi connectivity index (χ0) is 28.3. The number of hydrogen-bond acceptors (Lipinski definition) is 10. The Hall–Kier alpha value is -3.96. The molecule has 3 aromatic heterocycles. The van der Waals surface area contributed by atoms with Crippen LogP contribution in [0.3, 0.4) is 0 Å². The Morgan fingerprint density at radius 3 is 2.80 bits per heavy atom. The predicted octanol–water partition coefficient (Wildman–Crippen LogP) is 4.25. The van der Waals surface area contributed by atoms with Crippen molar-refractivity contribution in [2.45, 2.75) is 57.9 Å². The largest absolute Gasteiger partial charge is 0.418 e. The minimum Gasteiger partial charge on any atom is -0.418 e. The molecule has 5 rings (SSSR count). The quantitative estimate of drug-likeness (QED) is 0.294. The van der Waals surface area contributed by atoms with Gasteiger partial charge in [-0.15, -0.1) is 10.2 Å². The van der Waals surface area contributed by atoms with E-state index in [4.69, 9.17) is 9.40 Å². The second-order valence-corrected chi connectivity index (χ2v) is 11.3. The van der Waals surface area contributed by atoms with Gasteiger partial charge >= 0.3 is 0 Å². The summed E-state index contributed by atoms with van der Waals surface area (Å²) in [7, 11) is 1.86. The number of nitrogens with zero attached hydrogens (tertiary/aromatic N) is 7. The van der Waals surface area contributed by atoms with Gasteiger partial charge in [0.1, 0.15) is 0 Å². The van der Waals surface area contributed by atoms with Crippen LogP contribution in [0.2, 0.25) is 0 Å². The van der Waals surface area contributed by atoms with Crippen molar-refractivity contribution in [2.75, 3.05) is 25.0 Å². The summed E-state index contributed by atoms with van der Waals surface area (Å²) < 4.78 is 7.45. The van der Waals surface area contributed by atoms with Crippen LogP contribution in [0.1, 0.15) is 73.7 Å². The minimum atomic E-state index is -0.321. The molecule has 11 heteroatoms. The van der Waals surface area contributed by atoms with E-state index in [1.165, 1.54) is 0 Å². The summed E-state index contributed by atoms with van der Waals surface area (Å²) in [5.74, 6) is 0.878. The summed E-state index contributed by atoms with van der Waals surface area (Å²) in [5.41, 5.74) is 4.54. The number of ketones is 1. The first kappa shape index (κ1) is 27.6. The van der Waals surface area contributed by atoms with Crippen LogP contribution >= 0.6 is 0 Å². The zero-order valence-corrected chi connectivity index (χ0v) is 23.5. The SMILES string of the molecule is Cn1cc(Nc2nccc(-c3ccc4c(c3)CN(CCCO)CCC4CC(=O)c3nnc(C(C)(C)C)o3)n2)cn1. The Balaban J connectivity index is 1.41. The average molecular weight is 545 g/mol. The molecule has 2 N–H and O–H groups in total. The standard InChI is InChI=1S/C29H36N8O3/c1-29(2,3)27-35-34-26(40-27)25(39)15-19-9-12-37(11-5-13-38)17-21-14-20(6-7-23(19)21)24-8-10-30-28(33-24)32-22-16-31-36(4)18-22/h6-8,10,14,16,18-19,38H,5,9,11-13,15,17H2,1-4H3,(H,30,32,33). The maximum Gasteiger partial charge on any atom is 0.284 e. The van der Waals surface area contributed by atoms with Crippen LogP contribution in [0.4, 0.5) is 11.6 Å². The minimum absolute atomic E-state index is 0.00821. The molecule has 4 heterocycles. The highest BCUT2D eigenvalue weighted by Gasteiger charge is 2.29. The highest BCUT2D eigenvalue weighted by atomic mass is 16.4. The van der Waals surface area contributed by atoms with E-state index in [0.29, 0.717) is 24.7 Å². The van der Waals surface area contributed by atoms with Crippen molar-refractivity contribution in [3.8, 4) is 11.3 Å². The normalized spacial score (nSPS) is 16.0. The van der Waals surface area contributed by atoms with Crippen molar-refractivity contribution < 1.29 is 14.3 Å². The zero-order valence-electron chi connectivity index (χ0n) is 23.5. The van der Waals surface area contributed by atoms with Crippen molar-refractivity contribution in [3.63, 3.8) is 0 Å². The molecule has 1 unspecified atom stereocenters. The predicted molar refractivity (Wildman–Crippen MR) is 150 cm³/mol. The molecule has 1 aromatic carbocycles. The van der Waals surface area contributed by atoms with Gasteiger partial charge in [0.2, 0.25) is 17.6 Å². The molecule has 40 heavy (non-hydrogen) atoms. The number of carbonyl (C=O) groups is 1. The number of aliphatic hydroxyl groups excluding tert-OH is 1. The van der Waals surface area contributed by atoms with Gasteiger partial charge in [-0.25, -0.2) is 9.97 Å². The third-order valence-corrected chi connectivity index (χ3v) is 7.05. The average Bonchev–Trinajstić information content (AvgIpc) is 3.55. The second kappa shape index (κ2) is 11.6. The molecule has 210 valence electrons. The smallest absolute Gasteiger partial charge is 0.284 e. The molecule has 1 aliphatic heterocycles. The van der Waals surface area contributed by atoms with Gasteiger partial charge in [0.25, 0.3) is 5.89 Å². The number of aryl methyl sites for hydroxylation is 1. The molecule has 4 aromatic rings. The van der Waals surface area contributed by atoms with Crippen LogP contribution in [0, 0.1) is 0 Å². The summed E-state index contributed by atoms with van der Waals surface area (Å²) in [5, 5.41) is 24.9. The van der Waals surface area contributed by atoms with Crippen LogP contribution in [0.5, 0.6) is 0 Å². The number of carbonyl (C=O) groups excluding carboxylic acids is 1. The highest BCUT2D eigenvalue weighted by molar-refractivity contribution is 5.92. The summed E-state index contributed by atoms with van der Waals surface area (Å²) in [6.07, 6.45) is 7.12. The lowest BCUT2D eigenvalue weighted by atomic mass is 9.87. The van der Waals surface area contributed by atoms with Crippen LogP contribution < -0.4 is 5.32 Å². The Kier molecular flexibility index (Phi) is 8.04. The molecule has 0 aliphatic carbocycles. The first-order chi connectivity index (χ1) is 19.2. The summed E-state index contributed by atoms with van der Waals surface area (Å²) in [6, 6.07) is 8.22. The van der Waals surface area contributed by atoms with Crippen molar-refractivity contribution in [1.82, 2.24) is 34.8 Å². The fourth-order valence-corrected chi connectivity index (χ4v) is 4.96. The first-order valence-electron chi connectivity index (χ1n) is 13.6. The van der Waals surface area contributed by atoms with Gasteiger partial charge < -0.3 is 14.8 Å². The van der Waals surface area contributed by atoms with E-state index < -0.39 is 0 Å². The number of Topliss-reactive ketones (excluding diaryl/α,β-unsaturated/α-hetero) is 1. The number of fused-ring (bicyclic) bond motifs is 1. The van der Waals surface area contributed by atoms with Gasteiger partial charge in [0.05, 0.1) is 17.6 Å². The second-order valence-electron chi connectivity index (χ2n) is 11.3. The molecule has 0 bridgehead atoms. The number of hydrogen-bond donors (Lipinski definition) is 2. The monoisotopic (exact) mass is 544 g/mol. The summed E-state index contributed by atoms with van der Waals surface area (Å²) in [4.78, 5) is 24.7. The van der Waals surface area contributed by atoms with Crippen LogP contribution in [-0.4, -0.2) is 65.4 Å². The van der Waals surface area contributed by atoms with E-state index in [0.717, 1.165) is 54.1 Å². The van der Waals surface area contributed by atoms with Crippen LogP contribution in [-0.2, 0) is 19.0 Å². The van der Waals surface area contributed by atoms with Gasteiger partial charge in [0, 0.05) is 56.5 Å². The van der Waals surface area contributed by atoms with E-state index in [1.54, 1.807) is 17.1 Å². The Bertz CT molecular complexity index is 1470. The topological polar surface area (TPSA) is 135 Å². The van der Waals surface area contributed by atoms with Crippen LogP contribution in [0.25, 0.3) is 11.3 Å². The van der Waals surface area contributed by atoms with Gasteiger partial charge in [-0.05, 0) is 48.6 Å². The highest BCUT2D eigenvalue weighted by Crippen LogP contribution is 2.35. The lowest BCUT2D eigenvalue weighted by Crippen LogP contribution is -2.25. The van der Waals surface area contributed by atoms with Crippen LogP contribution in [0.15, 0.2) is 47.3 Å². The van der Waals surface area contributed by atoms with Crippen molar-refractivity contribution in [3.05, 3.63) is 65.8 Å². The van der Waals surface area contributed by atoms with Crippen molar-refractivity contribution in [1.29, 1.82) is 0 Å². The third kappa shape index (κ3) is 6.43. The van der Waals surface area contributed by atoms with E-state index in [9.17, 15) is 9.90 Å². The van der Waals surface area contributed by atoms with Crippen molar-refractivity contribution >= 4 is 17.4 Å². The molecule has 0 radical (unpaired) electrons. The molecule has 0 saturated carbocycles. The number of nitrogens with one attached hydrogen (secondary N) is 1. The Labute approximate surface area is 233 Å². The molecule has 0 saturated heterocycles.